The standard InChI is InChI=1S/C13H10ClN3/c14-11-5-3-10(4-6-11)9-17-12-2-1-7-16-13(12)8-15/h1-7,17H,9H2. The SMILES string of the molecule is N#Cc1ncccc1NCc1ccc(Cl)cc1. The first kappa shape index (κ1) is 11.4. The van der Waals surface area contributed by atoms with Gasteiger partial charge in [0.1, 0.15) is 6.07 Å². The predicted octanol–water partition coefficient (Wildman–Crippen LogP) is 3.22. The molecule has 1 aromatic carbocycles. The van der Waals surface area contributed by atoms with Crippen LogP contribution in [0.15, 0.2) is 42.6 Å². The van der Waals surface area contributed by atoms with E-state index < -0.39 is 0 Å². The van der Waals surface area contributed by atoms with Crippen LogP contribution in [0.25, 0.3) is 0 Å². The van der Waals surface area contributed by atoms with Crippen LogP contribution in [-0.4, -0.2) is 4.98 Å². The van der Waals surface area contributed by atoms with Crippen molar-refractivity contribution < 1.29 is 0 Å². The molecule has 0 bridgehead atoms. The number of halogens is 1. The number of aromatic nitrogens is 1. The molecule has 84 valence electrons. The van der Waals surface area contributed by atoms with Crippen LogP contribution in [0.5, 0.6) is 0 Å². The Morgan fingerprint density at radius 2 is 2.00 bits per heavy atom. The van der Waals surface area contributed by atoms with Gasteiger partial charge in [0.25, 0.3) is 0 Å². The molecule has 0 fully saturated rings. The molecule has 2 aromatic rings. The van der Waals surface area contributed by atoms with E-state index in [1.807, 2.05) is 36.4 Å². The molecule has 0 saturated carbocycles. The van der Waals surface area contributed by atoms with Gasteiger partial charge >= 0.3 is 0 Å². The second-order valence-corrected chi connectivity index (χ2v) is 3.93. The fourth-order valence-corrected chi connectivity index (χ4v) is 1.56. The van der Waals surface area contributed by atoms with Gasteiger partial charge in [-0.1, -0.05) is 23.7 Å². The molecule has 2 rings (SSSR count). The van der Waals surface area contributed by atoms with Crippen LogP contribution in [0.4, 0.5) is 5.69 Å². The van der Waals surface area contributed by atoms with E-state index in [1.165, 1.54) is 0 Å². The lowest BCUT2D eigenvalue weighted by Gasteiger charge is -2.07. The van der Waals surface area contributed by atoms with E-state index >= 15 is 0 Å². The molecule has 0 saturated heterocycles. The van der Waals surface area contributed by atoms with E-state index in [4.69, 9.17) is 16.9 Å². The fraction of sp³-hybridized carbons (Fsp3) is 0.0769. The Hall–Kier alpha value is -2.05. The van der Waals surface area contributed by atoms with E-state index in [1.54, 1.807) is 12.3 Å². The molecular formula is C13H10ClN3. The maximum Gasteiger partial charge on any atom is 0.163 e. The highest BCUT2D eigenvalue weighted by molar-refractivity contribution is 6.30. The van der Waals surface area contributed by atoms with Crippen LogP contribution in [0, 0.1) is 11.3 Å². The van der Waals surface area contributed by atoms with Crippen molar-refractivity contribution in [2.24, 2.45) is 0 Å². The molecule has 0 spiro atoms. The minimum atomic E-state index is 0.404. The van der Waals surface area contributed by atoms with E-state index in [-0.39, 0.29) is 0 Å². The Labute approximate surface area is 105 Å². The van der Waals surface area contributed by atoms with Crippen LogP contribution >= 0.6 is 11.6 Å². The summed E-state index contributed by atoms with van der Waals surface area (Å²) in [5.41, 5.74) is 2.24. The predicted molar refractivity (Wildman–Crippen MR) is 67.7 cm³/mol. The van der Waals surface area contributed by atoms with Crippen molar-refractivity contribution in [2.75, 3.05) is 5.32 Å². The zero-order chi connectivity index (χ0) is 12.1. The van der Waals surface area contributed by atoms with Crippen molar-refractivity contribution in [3.8, 4) is 6.07 Å². The number of anilines is 1. The Morgan fingerprint density at radius 3 is 2.71 bits per heavy atom. The molecule has 4 heteroatoms. The summed E-state index contributed by atoms with van der Waals surface area (Å²) < 4.78 is 0. The van der Waals surface area contributed by atoms with Crippen molar-refractivity contribution in [1.82, 2.24) is 4.98 Å². The topological polar surface area (TPSA) is 48.7 Å². The van der Waals surface area contributed by atoms with Crippen LogP contribution in [-0.2, 0) is 6.54 Å². The summed E-state index contributed by atoms with van der Waals surface area (Å²) in [6.45, 7) is 0.636. The highest BCUT2D eigenvalue weighted by Crippen LogP contribution is 2.14. The average molecular weight is 244 g/mol. The summed E-state index contributed by atoms with van der Waals surface area (Å²) in [6, 6.07) is 13.2. The first-order chi connectivity index (χ1) is 8.29. The lowest BCUT2D eigenvalue weighted by Crippen LogP contribution is -2.01. The molecule has 0 atom stereocenters. The first-order valence-corrected chi connectivity index (χ1v) is 5.51. The number of benzene rings is 1. The summed E-state index contributed by atoms with van der Waals surface area (Å²) in [7, 11) is 0. The number of hydrogen-bond acceptors (Lipinski definition) is 3. The molecule has 0 aliphatic rings. The van der Waals surface area contributed by atoms with Gasteiger partial charge in [-0.05, 0) is 29.8 Å². The average Bonchev–Trinajstić information content (AvgIpc) is 2.38. The lowest BCUT2D eigenvalue weighted by atomic mass is 10.2. The Morgan fingerprint density at radius 1 is 1.24 bits per heavy atom. The van der Waals surface area contributed by atoms with E-state index in [0.717, 1.165) is 11.3 Å². The maximum absolute atomic E-state index is 8.88. The second kappa shape index (κ2) is 5.33. The number of nitrogens with one attached hydrogen (secondary N) is 1. The van der Waals surface area contributed by atoms with Gasteiger partial charge in [-0.15, -0.1) is 0 Å². The monoisotopic (exact) mass is 243 g/mol. The van der Waals surface area contributed by atoms with Gasteiger partial charge in [-0.2, -0.15) is 5.26 Å². The van der Waals surface area contributed by atoms with E-state index in [9.17, 15) is 0 Å². The third-order valence-corrected chi connectivity index (χ3v) is 2.56. The Balaban J connectivity index is 2.08. The molecule has 0 aliphatic heterocycles. The smallest absolute Gasteiger partial charge is 0.163 e. The van der Waals surface area contributed by atoms with Crippen molar-refractivity contribution in [1.29, 1.82) is 5.26 Å². The lowest BCUT2D eigenvalue weighted by molar-refractivity contribution is 1.13. The minimum absolute atomic E-state index is 0.404. The van der Waals surface area contributed by atoms with Crippen LogP contribution < -0.4 is 5.32 Å². The molecule has 0 aliphatic carbocycles. The highest BCUT2D eigenvalue weighted by Gasteiger charge is 2.01. The summed E-state index contributed by atoms with van der Waals surface area (Å²) in [5.74, 6) is 0. The fourth-order valence-electron chi connectivity index (χ4n) is 1.44. The molecule has 0 amide bonds. The van der Waals surface area contributed by atoms with Crippen molar-refractivity contribution in [2.45, 2.75) is 6.54 Å². The van der Waals surface area contributed by atoms with E-state index in [2.05, 4.69) is 10.3 Å². The van der Waals surface area contributed by atoms with Crippen LogP contribution in [0.1, 0.15) is 11.3 Å². The van der Waals surface area contributed by atoms with Crippen LogP contribution in [0.2, 0.25) is 5.02 Å². The largest absolute Gasteiger partial charge is 0.379 e. The molecule has 0 radical (unpaired) electrons. The molecule has 1 N–H and O–H groups in total. The zero-order valence-corrected chi connectivity index (χ0v) is 9.78. The number of nitriles is 1. The maximum atomic E-state index is 8.88. The number of pyridine rings is 1. The number of rotatable bonds is 3. The van der Waals surface area contributed by atoms with Crippen molar-refractivity contribution in [3.05, 3.63) is 58.9 Å². The van der Waals surface area contributed by atoms with Gasteiger partial charge in [-0.3, -0.25) is 0 Å². The summed E-state index contributed by atoms with van der Waals surface area (Å²) in [4.78, 5) is 3.98. The Kier molecular flexibility index (Phi) is 3.59. The van der Waals surface area contributed by atoms with Gasteiger partial charge < -0.3 is 5.32 Å². The molecular weight excluding hydrogens is 234 g/mol. The van der Waals surface area contributed by atoms with Crippen molar-refractivity contribution in [3.63, 3.8) is 0 Å². The number of nitrogens with zero attached hydrogens (tertiary/aromatic N) is 2. The highest BCUT2D eigenvalue weighted by atomic mass is 35.5. The normalized spacial score (nSPS) is 9.65. The third kappa shape index (κ3) is 2.96. The molecule has 17 heavy (non-hydrogen) atoms. The van der Waals surface area contributed by atoms with Gasteiger partial charge in [0.15, 0.2) is 5.69 Å². The second-order valence-electron chi connectivity index (χ2n) is 3.49. The summed E-state index contributed by atoms with van der Waals surface area (Å²) in [5, 5.41) is 12.8. The summed E-state index contributed by atoms with van der Waals surface area (Å²) >= 11 is 5.80. The van der Waals surface area contributed by atoms with Gasteiger partial charge in [0, 0.05) is 17.8 Å². The summed E-state index contributed by atoms with van der Waals surface area (Å²) in [6.07, 6.45) is 1.60. The molecule has 1 aromatic heterocycles. The quantitative estimate of drug-likeness (QED) is 0.901. The number of hydrogen-bond donors (Lipinski definition) is 1. The van der Waals surface area contributed by atoms with Gasteiger partial charge in [0.2, 0.25) is 0 Å². The molecule has 3 nitrogen and oxygen atoms in total. The van der Waals surface area contributed by atoms with Crippen molar-refractivity contribution >= 4 is 17.3 Å². The zero-order valence-electron chi connectivity index (χ0n) is 9.02. The third-order valence-electron chi connectivity index (χ3n) is 2.31. The van der Waals surface area contributed by atoms with Crippen LogP contribution in [0.3, 0.4) is 0 Å². The minimum Gasteiger partial charge on any atom is -0.379 e. The van der Waals surface area contributed by atoms with E-state index in [0.29, 0.717) is 17.3 Å². The first-order valence-electron chi connectivity index (χ1n) is 5.13. The molecule has 0 unspecified atom stereocenters. The van der Waals surface area contributed by atoms with Gasteiger partial charge in [-0.25, -0.2) is 4.98 Å². The van der Waals surface area contributed by atoms with Gasteiger partial charge in [0.05, 0.1) is 5.69 Å². The Bertz CT molecular complexity index is 543. The molecule has 1 heterocycles.